The van der Waals surface area contributed by atoms with Crippen LogP contribution in [0.15, 0.2) is 83.2 Å². The zero-order valence-corrected chi connectivity index (χ0v) is 19.1. The minimum absolute atomic E-state index is 0.123. The number of carbonyl (C=O) groups is 2. The molecule has 0 saturated heterocycles. The molecule has 0 aliphatic carbocycles. The summed E-state index contributed by atoms with van der Waals surface area (Å²) in [5.41, 5.74) is 8.60. The van der Waals surface area contributed by atoms with Crippen molar-refractivity contribution in [1.82, 2.24) is 14.7 Å². The van der Waals surface area contributed by atoms with Crippen LogP contribution < -0.4 is 5.73 Å². The molecule has 2 amide bonds. The Hall–Kier alpha value is -3.36. The molecule has 0 unspecified atom stereocenters. The fourth-order valence-corrected chi connectivity index (χ4v) is 4.84. The van der Waals surface area contributed by atoms with Crippen molar-refractivity contribution < 1.29 is 9.59 Å². The lowest BCUT2D eigenvalue weighted by molar-refractivity contribution is -0.115. The summed E-state index contributed by atoms with van der Waals surface area (Å²) >= 11 is 2.89. The summed E-state index contributed by atoms with van der Waals surface area (Å²) in [5, 5.41) is 6.82. The second-order valence-electron chi connectivity index (χ2n) is 7.17. The fourth-order valence-electron chi connectivity index (χ4n) is 3.31. The summed E-state index contributed by atoms with van der Waals surface area (Å²) in [4.78, 5) is 27.9. The Kier molecular flexibility index (Phi) is 6.72. The highest BCUT2D eigenvalue weighted by Gasteiger charge is 2.20. The highest BCUT2D eigenvalue weighted by Crippen LogP contribution is 2.29. The van der Waals surface area contributed by atoms with Crippen LogP contribution in [0.25, 0.3) is 16.3 Å². The number of benzene rings is 2. The van der Waals surface area contributed by atoms with Crippen molar-refractivity contribution in [1.29, 1.82) is 0 Å². The highest BCUT2D eigenvalue weighted by atomic mass is 32.2. The smallest absolute Gasteiger partial charge is 0.255 e. The first-order chi connectivity index (χ1) is 15.5. The number of nitrogens with zero attached hydrogens (tertiary/aromatic N) is 3. The molecule has 0 spiro atoms. The molecule has 6 nitrogen and oxygen atoms in total. The maximum Gasteiger partial charge on any atom is 0.255 e. The molecule has 0 aliphatic rings. The lowest BCUT2D eigenvalue weighted by atomic mass is 10.1. The number of thiophene rings is 1. The molecule has 2 aromatic heterocycles. The van der Waals surface area contributed by atoms with Gasteiger partial charge >= 0.3 is 0 Å². The molecule has 2 heterocycles. The summed E-state index contributed by atoms with van der Waals surface area (Å²) in [6.45, 7) is 0.397. The summed E-state index contributed by atoms with van der Waals surface area (Å²) < 4.78 is 1.85. The van der Waals surface area contributed by atoms with Crippen molar-refractivity contribution in [2.45, 2.75) is 11.4 Å². The SMILES string of the molecule is CN(Cc1cn(-c2ccccc2)nc1-c1cccs1)C(=O)c1ccccc1SCC(N)=O. The highest BCUT2D eigenvalue weighted by molar-refractivity contribution is 8.00. The molecule has 4 rings (SSSR count). The summed E-state index contributed by atoms with van der Waals surface area (Å²) in [7, 11) is 1.77. The van der Waals surface area contributed by atoms with Crippen LogP contribution in [-0.4, -0.2) is 39.3 Å². The lowest BCUT2D eigenvalue weighted by Crippen LogP contribution is -2.27. The van der Waals surface area contributed by atoms with Crippen LogP contribution >= 0.6 is 23.1 Å². The molecular weight excluding hydrogens is 440 g/mol. The standard InChI is InChI=1S/C24H22N4O2S2/c1-27(24(30)19-10-5-6-11-20(19)32-16-22(25)29)14-17-15-28(18-8-3-2-4-9-18)26-23(17)21-12-7-13-31-21/h2-13,15H,14,16H2,1H3,(H2,25,29). The van der Waals surface area contributed by atoms with E-state index in [-0.39, 0.29) is 11.7 Å². The molecule has 2 N–H and O–H groups in total. The molecule has 4 aromatic rings. The first-order valence-corrected chi connectivity index (χ1v) is 11.8. The summed E-state index contributed by atoms with van der Waals surface area (Å²) in [6, 6.07) is 21.2. The van der Waals surface area contributed by atoms with Gasteiger partial charge in [-0.2, -0.15) is 5.10 Å². The number of amides is 2. The first-order valence-electron chi connectivity index (χ1n) is 9.96. The van der Waals surface area contributed by atoms with Crippen molar-refractivity contribution in [3.05, 3.63) is 89.4 Å². The normalized spacial score (nSPS) is 10.8. The number of hydrogen-bond donors (Lipinski definition) is 1. The van der Waals surface area contributed by atoms with E-state index in [1.807, 2.05) is 76.9 Å². The number of nitrogens with two attached hydrogens (primary N) is 1. The molecule has 0 radical (unpaired) electrons. The van der Waals surface area contributed by atoms with E-state index in [0.717, 1.165) is 26.7 Å². The van der Waals surface area contributed by atoms with Gasteiger partial charge in [0.1, 0.15) is 5.69 Å². The zero-order valence-electron chi connectivity index (χ0n) is 17.5. The molecule has 8 heteroatoms. The molecule has 0 fully saturated rings. The van der Waals surface area contributed by atoms with E-state index in [2.05, 4.69) is 0 Å². The van der Waals surface area contributed by atoms with Gasteiger partial charge in [0.05, 0.1) is 21.9 Å². The van der Waals surface area contributed by atoms with Crippen LogP contribution in [0.5, 0.6) is 0 Å². The Labute approximate surface area is 194 Å². The van der Waals surface area contributed by atoms with E-state index in [9.17, 15) is 9.59 Å². The largest absolute Gasteiger partial charge is 0.369 e. The van der Waals surface area contributed by atoms with Gasteiger partial charge in [0, 0.05) is 30.2 Å². The minimum atomic E-state index is -0.417. The molecule has 0 bridgehead atoms. The van der Waals surface area contributed by atoms with Crippen molar-refractivity contribution in [2.75, 3.05) is 12.8 Å². The Balaban J connectivity index is 1.62. The minimum Gasteiger partial charge on any atom is -0.369 e. The topological polar surface area (TPSA) is 81.2 Å². The van der Waals surface area contributed by atoms with E-state index in [4.69, 9.17) is 10.8 Å². The third-order valence-electron chi connectivity index (χ3n) is 4.81. The van der Waals surface area contributed by atoms with Crippen LogP contribution in [0, 0.1) is 0 Å². The lowest BCUT2D eigenvalue weighted by Gasteiger charge is -2.18. The van der Waals surface area contributed by atoms with E-state index in [1.165, 1.54) is 11.8 Å². The van der Waals surface area contributed by atoms with Crippen LogP contribution in [0.3, 0.4) is 0 Å². The zero-order chi connectivity index (χ0) is 22.5. The number of para-hydroxylation sites is 1. The van der Waals surface area contributed by atoms with Gasteiger partial charge in [-0.15, -0.1) is 23.1 Å². The maximum absolute atomic E-state index is 13.3. The van der Waals surface area contributed by atoms with E-state index < -0.39 is 5.91 Å². The third-order valence-corrected chi connectivity index (χ3v) is 6.78. The number of hydrogen-bond acceptors (Lipinski definition) is 5. The number of primary amides is 1. The average Bonchev–Trinajstić information content (AvgIpc) is 3.48. The van der Waals surface area contributed by atoms with E-state index in [1.54, 1.807) is 29.4 Å². The van der Waals surface area contributed by atoms with Gasteiger partial charge in [0.15, 0.2) is 0 Å². The summed E-state index contributed by atoms with van der Waals surface area (Å²) in [6.07, 6.45) is 1.97. The molecular formula is C24H22N4O2S2. The molecule has 0 aliphatic heterocycles. The van der Waals surface area contributed by atoms with Crippen LogP contribution in [0.4, 0.5) is 0 Å². The quantitative estimate of drug-likeness (QED) is 0.392. The van der Waals surface area contributed by atoms with Gasteiger partial charge in [-0.25, -0.2) is 4.68 Å². The van der Waals surface area contributed by atoms with E-state index in [0.29, 0.717) is 12.1 Å². The molecule has 32 heavy (non-hydrogen) atoms. The Morgan fingerprint density at radius 1 is 1.06 bits per heavy atom. The predicted octanol–water partition coefficient (Wildman–Crippen LogP) is 4.45. The second-order valence-corrected chi connectivity index (χ2v) is 9.14. The van der Waals surface area contributed by atoms with Crippen molar-refractivity contribution in [3.8, 4) is 16.3 Å². The third kappa shape index (κ3) is 4.92. The number of rotatable bonds is 8. The molecule has 162 valence electrons. The van der Waals surface area contributed by atoms with Crippen molar-refractivity contribution in [3.63, 3.8) is 0 Å². The van der Waals surface area contributed by atoms with Gasteiger partial charge in [-0.05, 0) is 35.7 Å². The second kappa shape index (κ2) is 9.84. The Morgan fingerprint density at radius 2 is 1.81 bits per heavy atom. The van der Waals surface area contributed by atoms with Crippen LogP contribution in [-0.2, 0) is 11.3 Å². The molecule has 0 saturated carbocycles. The van der Waals surface area contributed by atoms with Gasteiger partial charge in [0.25, 0.3) is 5.91 Å². The van der Waals surface area contributed by atoms with Gasteiger partial charge < -0.3 is 10.6 Å². The average molecular weight is 463 g/mol. The number of aromatic nitrogens is 2. The van der Waals surface area contributed by atoms with Crippen molar-refractivity contribution >= 4 is 34.9 Å². The maximum atomic E-state index is 13.3. The summed E-state index contributed by atoms with van der Waals surface area (Å²) in [5.74, 6) is -0.415. The van der Waals surface area contributed by atoms with Gasteiger partial charge in [0.2, 0.25) is 5.91 Å². The number of thioether (sulfide) groups is 1. The molecule has 0 atom stereocenters. The fraction of sp³-hybridized carbons (Fsp3) is 0.125. The van der Waals surface area contributed by atoms with Crippen LogP contribution in [0.2, 0.25) is 0 Å². The van der Waals surface area contributed by atoms with E-state index >= 15 is 0 Å². The van der Waals surface area contributed by atoms with Crippen molar-refractivity contribution in [2.24, 2.45) is 5.73 Å². The monoisotopic (exact) mass is 462 g/mol. The number of carbonyl (C=O) groups excluding carboxylic acids is 2. The Morgan fingerprint density at radius 3 is 2.53 bits per heavy atom. The molecule has 2 aromatic carbocycles. The van der Waals surface area contributed by atoms with Gasteiger partial charge in [-0.3, -0.25) is 9.59 Å². The first kappa shape index (κ1) is 21.9. The Bertz CT molecular complexity index is 1220. The van der Waals surface area contributed by atoms with Gasteiger partial charge in [-0.1, -0.05) is 36.4 Å². The predicted molar refractivity (Wildman–Crippen MR) is 129 cm³/mol. The van der Waals surface area contributed by atoms with Crippen LogP contribution in [0.1, 0.15) is 15.9 Å².